The van der Waals surface area contributed by atoms with Gasteiger partial charge >= 0.3 is 11.7 Å². The minimum absolute atomic E-state index is 0.172. The number of rotatable bonds is 4. The third-order valence-electron chi connectivity index (χ3n) is 3.54. The number of nitrogens with zero attached hydrogens (tertiary/aromatic N) is 2. The average Bonchev–Trinajstić information content (AvgIpc) is 2.56. The van der Waals surface area contributed by atoms with Crippen LogP contribution >= 0.6 is 0 Å². The standard InChI is InChI=1S/C14H16N2O5S/c1-20-14(17)13(16-15)10-2-4-11(5-3-10)22(18,19)12-6-8-21-9-7-12/h2-5,12H,6-9H2,1H3. The summed E-state index contributed by atoms with van der Waals surface area (Å²) in [5, 5.41) is -0.460. The highest BCUT2D eigenvalue weighted by Gasteiger charge is 2.30. The van der Waals surface area contributed by atoms with Gasteiger partial charge < -0.3 is 15.0 Å². The van der Waals surface area contributed by atoms with Crippen LogP contribution in [-0.2, 0) is 24.1 Å². The van der Waals surface area contributed by atoms with Crippen molar-refractivity contribution in [3.63, 3.8) is 0 Å². The van der Waals surface area contributed by atoms with Gasteiger partial charge in [0.2, 0.25) is 0 Å². The fourth-order valence-electron chi connectivity index (χ4n) is 2.29. The Morgan fingerprint density at radius 1 is 1.27 bits per heavy atom. The van der Waals surface area contributed by atoms with Crippen LogP contribution in [0.25, 0.3) is 5.53 Å². The summed E-state index contributed by atoms with van der Waals surface area (Å²) in [7, 11) is -2.27. The first kappa shape index (κ1) is 16.4. The summed E-state index contributed by atoms with van der Waals surface area (Å²) < 4.78 is 34.7. The number of methoxy groups -OCH3 is 1. The van der Waals surface area contributed by atoms with E-state index in [4.69, 9.17) is 10.3 Å². The Kier molecular flexibility index (Phi) is 5.07. The third-order valence-corrected chi connectivity index (χ3v) is 5.82. The van der Waals surface area contributed by atoms with E-state index in [2.05, 4.69) is 9.53 Å². The topological polar surface area (TPSA) is 106 Å². The van der Waals surface area contributed by atoms with Crippen LogP contribution in [-0.4, -0.2) is 50.5 Å². The molecule has 0 atom stereocenters. The molecule has 118 valence electrons. The number of hydrogen-bond donors (Lipinski definition) is 0. The van der Waals surface area contributed by atoms with E-state index in [1.54, 1.807) is 0 Å². The van der Waals surface area contributed by atoms with Gasteiger partial charge in [0.15, 0.2) is 9.84 Å². The quantitative estimate of drug-likeness (QED) is 0.353. The molecule has 1 aromatic rings. The van der Waals surface area contributed by atoms with Gasteiger partial charge in [0, 0.05) is 13.2 Å². The second-order valence-corrected chi connectivity index (χ2v) is 7.05. The van der Waals surface area contributed by atoms with E-state index < -0.39 is 21.1 Å². The molecule has 1 heterocycles. The molecule has 0 spiro atoms. The van der Waals surface area contributed by atoms with Gasteiger partial charge in [-0.1, -0.05) is 0 Å². The summed E-state index contributed by atoms with van der Waals surface area (Å²) in [6.07, 6.45) is 0.936. The molecule has 0 amide bonds. The maximum Gasteiger partial charge on any atom is 0.422 e. The van der Waals surface area contributed by atoms with Crippen LogP contribution < -0.4 is 0 Å². The van der Waals surface area contributed by atoms with Gasteiger partial charge in [-0.05, 0) is 37.1 Å². The van der Waals surface area contributed by atoms with Gasteiger partial charge in [0.1, 0.15) is 0 Å². The summed E-state index contributed by atoms with van der Waals surface area (Å²) in [6.45, 7) is 0.872. The van der Waals surface area contributed by atoms with Crippen molar-refractivity contribution in [2.75, 3.05) is 20.3 Å². The Labute approximate surface area is 128 Å². The Bertz CT molecular complexity index is 699. The van der Waals surface area contributed by atoms with Gasteiger partial charge in [0.25, 0.3) is 0 Å². The molecule has 1 aliphatic rings. The zero-order valence-electron chi connectivity index (χ0n) is 12.1. The third kappa shape index (κ3) is 3.24. The molecule has 0 bridgehead atoms. The van der Waals surface area contributed by atoms with E-state index in [0.717, 1.165) is 7.11 Å². The monoisotopic (exact) mass is 324 g/mol. The molecular formula is C14H16N2O5S. The highest BCUT2D eigenvalue weighted by atomic mass is 32.2. The molecule has 0 aromatic heterocycles. The van der Waals surface area contributed by atoms with Gasteiger partial charge in [-0.15, -0.1) is 0 Å². The molecule has 1 aliphatic heterocycles. The van der Waals surface area contributed by atoms with E-state index in [1.165, 1.54) is 24.3 Å². The van der Waals surface area contributed by atoms with Crippen molar-refractivity contribution in [1.29, 1.82) is 0 Å². The molecule has 1 saturated heterocycles. The van der Waals surface area contributed by atoms with Crippen LogP contribution in [0.15, 0.2) is 29.2 Å². The lowest BCUT2D eigenvalue weighted by Crippen LogP contribution is -2.29. The predicted molar refractivity (Wildman–Crippen MR) is 77.2 cm³/mol. The number of esters is 1. The highest BCUT2D eigenvalue weighted by Crippen LogP contribution is 2.24. The second kappa shape index (κ2) is 6.83. The van der Waals surface area contributed by atoms with E-state index in [9.17, 15) is 13.2 Å². The highest BCUT2D eigenvalue weighted by molar-refractivity contribution is 7.92. The van der Waals surface area contributed by atoms with E-state index in [1.807, 2.05) is 0 Å². The molecule has 1 fully saturated rings. The molecule has 8 heteroatoms. The van der Waals surface area contributed by atoms with E-state index in [0.29, 0.717) is 26.1 Å². The maximum absolute atomic E-state index is 12.5. The first-order chi connectivity index (χ1) is 10.5. The minimum Gasteiger partial charge on any atom is -0.460 e. The Hall–Kier alpha value is -2.02. The zero-order chi connectivity index (χ0) is 16.2. The van der Waals surface area contributed by atoms with Crippen molar-refractivity contribution in [2.45, 2.75) is 23.0 Å². The van der Waals surface area contributed by atoms with Crippen LogP contribution in [0, 0.1) is 0 Å². The molecular weight excluding hydrogens is 308 g/mol. The SMILES string of the molecule is COC(=O)C(=[N+]=[N-])c1ccc(S(=O)(=O)C2CCOCC2)cc1. The predicted octanol–water partition coefficient (Wildman–Crippen LogP) is 0.831. The summed E-state index contributed by atoms with van der Waals surface area (Å²) in [5.74, 6) is -0.803. The van der Waals surface area contributed by atoms with Crippen molar-refractivity contribution >= 4 is 21.5 Å². The number of benzene rings is 1. The van der Waals surface area contributed by atoms with E-state index >= 15 is 0 Å². The first-order valence-corrected chi connectivity index (χ1v) is 8.27. The normalized spacial score (nSPS) is 15.9. The van der Waals surface area contributed by atoms with Crippen LogP contribution in [0.2, 0.25) is 0 Å². The fraction of sp³-hybridized carbons (Fsp3) is 0.429. The lowest BCUT2D eigenvalue weighted by molar-refractivity contribution is -0.137. The number of carbonyl (C=O) groups excluding carboxylic acids is 1. The van der Waals surface area contributed by atoms with Crippen LogP contribution in [0.1, 0.15) is 18.4 Å². The maximum atomic E-state index is 12.5. The van der Waals surface area contributed by atoms with Crippen molar-refractivity contribution < 1.29 is 27.5 Å². The average molecular weight is 324 g/mol. The zero-order valence-corrected chi connectivity index (χ0v) is 12.9. The molecule has 0 N–H and O–H groups in total. The van der Waals surface area contributed by atoms with Gasteiger partial charge in [-0.25, -0.2) is 13.2 Å². The number of hydrogen-bond acceptors (Lipinski definition) is 5. The van der Waals surface area contributed by atoms with Crippen molar-refractivity contribution in [2.24, 2.45) is 0 Å². The Morgan fingerprint density at radius 3 is 2.36 bits per heavy atom. The lowest BCUT2D eigenvalue weighted by atomic mass is 10.1. The summed E-state index contributed by atoms with van der Waals surface area (Å²) in [6, 6.07) is 5.62. The molecule has 0 unspecified atom stereocenters. The lowest BCUT2D eigenvalue weighted by Gasteiger charge is -2.22. The van der Waals surface area contributed by atoms with Crippen molar-refractivity contribution in [3.8, 4) is 0 Å². The number of ether oxygens (including phenoxy) is 2. The summed E-state index contributed by atoms with van der Waals surface area (Å²) in [5.41, 5.74) is 8.87. The Morgan fingerprint density at radius 2 is 1.86 bits per heavy atom. The van der Waals surface area contributed by atoms with Crippen LogP contribution in [0.4, 0.5) is 0 Å². The Balaban J connectivity index is 2.28. The van der Waals surface area contributed by atoms with Gasteiger partial charge in [0.05, 0.1) is 22.8 Å². The minimum atomic E-state index is -3.44. The largest absolute Gasteiger partial charge is 0.460 e. The molecule has 0 saturated carbocycles. The number of sulfone groups is 1. The molecule has 7 nitrogen and oxygen atoms in total. The van der Waals surface area contributed by atoms with E-state index in [-0.39, 0.29) is 16.2 Å². The van der Waals surface area contributed by atoms with Crippen molar-refractivity contribution in [3.05, 3.63) is 35.4 Å². The van der Waals surface area contributed by atoms with Crippen LogP contribution in [0.5, 0.6) is 0 Å². The van der Waals surface area contributed by atoms with Gasteiger partial charge in [-0.2, -0.15) is 4.79 Å². The smallest absolute Gasteiger partial charge is 0.422 e. The molecule has 0 aliphatic carbocycles. The second-order valence-electron chi connectivity index (χ2n) is 4.82. The molecule has 0 radical (unpaired) electrons. The van der Waals surface area contributed by atoms with Crippen LogP contribution in [0.3, 0.4) is 0 Å². The molecule has 2 rings (SSSR count). The number of carbonyl (C=O) groups is 1. The van der Waals surface area contributed by atoms with Gasteiger partial charge in [-0.3, -0.25) is 0 Å². The molecule has 1 aromatic carbocycles. The van der Waals surface area contributed by atoms with Crippen molar-refractivity contribution in [1.82, 2.24) is 0 Å². The fourth-order valence-corrected chi connectivity index (χ4v) is 4.01. The molecule has 22 heavy (non-hydrogen) atoms. The summed E-state index contributed by atoms with van der Waals surface area (Å²) in [4.78, 5) is 14.5. The summed E-state index contributed by atoms with van der Waals surface area (Å²) >= 11 is 0. The first-order valence-electron chi connectivity index (χ1n) is 6.73.